The van der Waals surface area contributed by atoms with E-state index < -0.39 is 11.7 Å². The van der Waals surface area contributed by atoms with Crippen molar-refractivity contribution in [1.82, 2.24) is 9.38 Å². The van der Waals surface area contributed by atoms with Crippen LogP contribution in [0.2, 0.25) is 5.02 Å². The van der Waals surface area contributed by atoms with Gasteiger partial charge in [-0.2, -0.15) is 0 Å². The zero-order chi connectivity index (χ0) is 22.0. The van der Waals surface area contributed by atoms with Crippen LogP contribution in [0.15, 0.2) is 76.6 Å². The molecule has 0 unspecified atom stereocenters. The SMILES string of the molecule is Cc1ccc(C(=O)Nc2ccccc2SCc2cc(=O)n3cc(Cl)ccc3n2)cc1F. The molecule has 0 aliphatic rings. The monoisotopic (exact) mass is 453 g/mol. The molecule has 4 rings (SSSR count). The van der Waals surface area contributed by atoms with Crippen LogP contribution in [0.4, 0.5) is 10.1 Å². The Labute approximate surface area is 186 Å². The molecule has 4 aromatic rings. The van der Waals surface area contributed by atoms with Gasteiger partial charge >= 0.3 is 0 Å². The van der Waals surface area contributed by atoms with Gasteiger partial charge in [0.15, 0.2) is 0 Å². The van der Waals surface area contributed by atoms with Crippen LogP contribution in [-0.4, -0.2) is 15.3 Å². The highest BCUT2D eigenvalue weighted by Crippen LogP contribution is 2.30. The van der Waals surface area contributed by atoms with E-state index in [9.17, 15) is 14.0 Å². The predicted octanol–water partition coefficient (Wildman–Crippen LogP) is 5.34. The molecule has 0 bridgehead atoms. The number of hydrogen-bond donors (Lipinski definition) is 1. The number of benzene rings is 2. The number of amides is 1. The number of aryl methyl sites for hydroxylation is 1. The lowest BCUT2D eigenvalue weighted by molar-refractivity contribution is 0.102. The van der Waals surface area contributed by atoms with Crippen molar-refractivity contribution in [1.29, 1.82) is 0 Å². The molecule has 0 saturated carbocycles. The fraction of sp³-hybridized carbons (Fsp3) is 0.0870. The van der Waals surface area contributed by atoms with Crippen molar-refractivity contribution >= 4 is 40.6 Å². The molecule has 0 saturated heterocycles. The molecule has 0 spiro atoms. The Kier molecular flexibility index (Phi) is 6.06. The molecular formula is C23H17ClFN3O2S. The lowest BCUT2D eigenvalue weighted by Gasteiger charge is -2.11. The zero-order valence-electron chi connectivity index (χ0n) is 16.4. The minimum atomic E-state index is -0.426. The zero-order valence-corrected chi connectivity index (χ0v) is 18.0. The molecule has 0 radical (unpaired) electrons. The molecule has 0 atom stereocenters. The van der Waals surface area contributed by atoms with Crippen molar-refractivity contribution < 1.29 is 9.18 Å². The first kappa shape index (κ1) is 21.1. The number of carbonyl (C=O) groups excluding carboxylic acids is 1. The van der Waals surface area contributed by atoms with Crippen molar-refractivity contribution in [2.24, 2.45) is 0 Å². The standard InChI is InChI=1S/C23H17ClFN3O2S/c1-14-6-7-15(10-18(14)25)23(30)27-19-4-2-3-5-20(19)31-13-17-11-22(29)28-12-16(24)8-9-21(28)26-17/h2-12H,13H2,1H3,(H,27,30). The Morgan fingerprint density at radius 1 is 1.16 bits per heavy atom. The number of nitrogens with zero attached hydrogens (tertiary/aromatic N) is 2. The second-order valence-corrected chi connectivity index (χ2v) is 8.32. The van der Waals surface area contributed by atoms with E-state index >= 15 is 0 Å². The Morgan fingerprint density at radius 3 is 2.77 bits per heavy atom. The first-order chi connectivity index (χ1) is 14.9. The molecule has 1 N–H and O–H groups in total. The van der Waals surface area contributed by atoms with Crippen LogP contribution in [0.3, 0.4) is 0 Å². The Bertz CT molecular complexity index is 1360. The quantitative estimate of drug-likeness (QED) is 0.414. The minimum absolute atomic E-state index is 0.217. The van der Waals surface area contributed by atoms with Crippen LogP contribution in [0.25, 0.3) is 5.65 Å². The van der Waals surface area contributed by atoms with Gasteiger partial charge in [-0.3, -0.25) is 14.0 Å². The van der Waals surface area contributed by atoms with Gasteiger partial charge in [0.1, 0.15) is 11.5 Å². The summed E-state index contributed by atoms with van der Waals surface area (Å²) >= 11 is 7.38. The maximum Gasteiger partial charge on any atom is 0.258 e. The number of nitrogens with one attached hydrogen (secondary N) is 1. The average Bonchev–Trinajstić information content (AvgIpc) is 2.75. The molecule has 0 aliphatic carbocycles. The molecule has 0 fully saturated rings. The van der Waals surface area contributed by atoms with E-state index in [-0.39, 0.29) is 11.1 Å². The summed E-state index contributed by atoms with van der Waals surface area (Å²) in [4.78, 5) is 30.2. The molecule has 156 valence electrons. The van der Waals surface area contributed by atoms with Crippen LogP contribution in [-0.2, 0) is 5.75 Å². The van der Waals surface area contributed by atoms with Gasteiger partial charge in [0.2, 0.25) is 0 Å². The maximum atomic E-state index is 13.8. The molecule has 2 aromatic carbocycles. The van der Waals surface area contributed by atoms with Gasteiger partial charge in [-0.15, -0.1) is 11.8 Å². The Hall–Kier alpha value is -3.16. The summed E-state index contributed by atoms with van der Waals surface area (Å²) in [6.07, 6.45) is 1.53. The van der Waals surface area contributed by atoms with Crippen molar-refractivity contribution in [2.75, 3.05) is 5.32 Å². The summed E-state index contributed by atoms with van der Waals surface area (Å²) < 4.78 is 15.2. The van der Waals surface area contributed by atoms with Gasteiger partial charge in [-0.25, -0.2) is 9.37 Å². The van der Waals surface area contributed by atoms with Gasteiger partial charge < -0.3 is 5.32 Å². The number of rotatable bonds is 5. The fourth-order valence-corrected chi connectivity index (χ4v) is 4.04. The van der Waals surface area contributed by atoms with Gasteiger partial charge in [-0.05, 0) is 48.9 Å². The third kappa shape index (κ3) is 4.78. The Morgan fingerprint density at radius 2 is 1.97 bits per heavy atom. The second-order valence-electron chi connectivity index (χ2n) is 6.86. The number of fused-ring (bicyclic) bond motifs is 1. The molecule has 0 aliphatic heterocycles. The lowest BCUT2D eigenvalue weighted by Crippen LogP contribution is -2.15. The van der Waals surface area contributed by atoms with Crippen molar-refractivity contribution in [3.8, 4) is 0 Å². The number of pyridine rings is 1. The third-order valence-corrected chi connectivity index (χ3v) is 5.95. The van der Waals surface area contributed by atoms with Gasteiger partial charge in [0, 0.05) is 28.5 Å². The fourth-order valence-electron chi connectivity index (χ4n) is 2.98. The van der Waals surface area contributed by atoms with Crippen LogP contribution in [0.1, 0.15) is 21.6 Å². The van der Waals surface area contributed by atoms with E-state index in [0.29, 0.717) is 33.4 Å². The van der Waals surface area contributed by atoms with E-state index in [1.165, 1.54) is 34.5 Å². The van der Waals surface area contributed by atoms with Crippen molar-refractivity contribution in [3.05, 3.63) is 105 Å². The number of thioether (sulfide) groups is 1. The van der Waals surface area contributed by atoms with Gasteiger partial charge in [0.05, 0.1) is 16.4 Å². The average molecular weight is 454 g/mol. The smallest absolute Gasteiger partial charge is 0.258 e. The van der Waals surface area contributed by atoms with Gasteiger partial charge in [-0.1, -0.05) is 29.8 Å². The molecule has 8 heteroatoms. The predicted molar refractivity (Wildman–Crippen MR) is 122 cm³/mol. The van der Waals surface area contributed by atoms with Gasteiger partial charge in [0.25, 0.3) is 11.5 Å². The topological polar surface area (TPSA) is 63.5 Å². The van der Waals surface area contributed by atoms with E-state index in [1.54, 1.807) is 43.3 Å². The summed E-state index contributed by atoms with van der Waals surface area (Å²) in [6, 6.07) is 16.5. The van der Waals surface area contributed by atoms with Crippen molar-refractivity contribution in [2.45, 2.75) is 17.6 Å². The molecular weight excluding hydrogens is 437 g/mol. The highest BCUT2D eigenvalue weighted by atomic mass is 35.5. The summed E-state index contributed by atoms with van der Waals surface area (Å²) in [5.74, 6) is -0.392. The van der Waals surface area contributed by atoms with E-state index in [1.807, 2.05) is 12.1 Å². The maximum absolute atomic E-state index is 13.8. The van der Waals surface area contributed by atoms with Crippen LogP contribution < -0.4 is 10.9 Å². The largest absolute Gasteiger partial charge is 0.321 e. The van der Waals surface area contributed by atoms with E-state index in [4.69, 9.17) is 11.6 Å². The number of halogens is 2. The number of hydrogen-bond acceptors (Lipinski definition) is 4. The molecule has 1 amide bonds. The molecule has 2 aromatic heterocycles. The lowest BCUT2D eigenvalue weighted by atomic mass is 10.1. The normalized spacial score (nSPS) is 10.9. The van der Waals surface area contributed by atoms with Crippen LogP contribution in [0.5, 0.6) is 0 Å². The van der Waals surface area contributed by atoms with Crippen molar-refractivity contribution in [3.63, 3.8) is 0 Å². The minimum Gasteiger partial charge on any atom is -0.321 e. The molecule has 31 heavy (non-hydrogen) atoms. The third-order valence-electron chi connectivity index (χ3n) is 4.62. The highest BCUT2D eigenvalue weighted by molar-refractivity contribution is 7.98. The highest BCUT2D eigenvalue weighted by Gasteiger charge is 2.12. The molecule has 2 heterocycles. The number of carbonyl (C=O) groups is 1. The first-order valence-electron chi connectivity index (χ1n) is 9.38. The second kappa shape index (κ2) is 8.91. The van der Waals surface area contributed by atoms with E-state index in [2.05, 4.69) is 10.3 Å². The Balaban J connectivity index is 1.53. The van der Waals surface area contributed by atoms with E-state index in [0.717, 1.165) is 4.90 Å². The molecule has 5 nitrogen and oxygen atoms in total. The summed E-state index contributed by atoms with van der Waals surface area (Å²) in [5.41, 5.74) is 2.22. The summed E-state index contributed by atoms with van der Waals surface area (Å²) in [5, 5.41) is 3.28. The number of aromatic nitrogens is 2. The number of para-hydroxylation sites is 1. The summed E-state index contributed by atoms with van der Waals surface area (Å²) in [7, 11) is 0. The summed E-state index contributed by atoms with van der Waals surface area (Å²) in [6.45, 7) is 1.64. The van der Waals surface area contributed by atoms with Crippen LogP contribution in [0, 0.1) is 12.7 Å². The van der Waals surface area contributed by atoms with Crippen LogP contribution >= 0.6 is 23.4 Å². The first-order valence-corrected chi connectivity index (χ1v) is 10.7. The number of anilines is 1.